The zero-order valence-electron chi connectivity index (χ0n) is 25.8. The number of aryl methyl sites for hydroxylation is 1. The van der Waals surface area contributed by atoms with E-state index in [2.05, 4.69) is 44.0 Å². The highest BCUT2D eigenvalue weighted by molar-refractivity contribution is 7.22. The Hall–Kier alpha value is -4.38. The van der Waals surface area contributed by atoms with Gasteiger partial charge in [-0.1, -0.05) is 56.6 Å². The first-order valence-electron chi connectivity index (χ1n) is 15.1. The van der Waals surface area contributed by atoms with Crippen LogP contribution in [0.25, 0.3) is 21.3 Å². The first kappa shape index (κ1) is 29.7. The van der Waals surface area contributed by atoms with Crippen molar-refractivity contribution < 1.29 is 9.90 Å². The van der Waals surface area contributed by atoms with E-state index in [9.17, 15) is 9.90 Å². The highest BCUT2D eigenvalue weighted by atomic mass is 32.1. The Morgan fingerprint density at radius 2 is 1.82 bits per heavy atom. The number of benzene rings is 1. The standard InChI is InChI=1S/C33H38N8O2S/c1-20(2)33(15-9-6-10-16-33)19-41-22(4)24(18-34-41)23-13-14-27(36-29(23)31(42)43)40(5)28-17-21(3)30(39-38-28)37-32-35-25-11-7-8-12-26(25)44-32/h7-8,11-14,17-18,20H,6,9-10,15-16,19H2,1-5H3,(H,42,43)(H,35,37,39). The molecule has 0 spiro atoms. The molecule has 1 aromatic carbocycles. The molecule has 0 atom stereocenters. The Morgan fingerprint density at radius 3 is 2.52 bits per heavy atom. The molecule has 1 aliphatic rings. The molecule has 4 heterocycles. The van der Waals surface area contributed by atoms with Crippen molar-refractivity contribution in [1.29, 1.82) is 0 Å². The minimum atomic E-state index is -1.09. The summed E-state index contributed by atoms with van der Waals surface area (Å²) in [5.41, 5.74) is 4.29. The normalized spacial score (nSPS) is 14.7. The maximum Gasteiger partial charge on any atom is 0.355 e. The lowest BCUT2D eigenvalue weighted by molar-refractivity contribution is 0.0691. The van der Waals surface area contributed by atoms with Gasteiger partial charge in [-0.2, -0.15) is 5.10 Å². The second kappa shape index (κ2) is 12.0. The van der Waals surface area contributed by atoms with Crippen LogP contribution in [0.1, 0.15) is 67.7 Å². The van der Waals surface area contributed by atoms with E-state index in [1.807, 2.05) is 56.3 Å². The Labute approximate surface area is 261 Å². The molecule has 4 aromatic heterocycles. The Balaban J connectivity index is 1.25. The first-order valence-corrected chi connectivity index (χ1v) is 15.9. The molecule has 0 radical (unpaired) electrons. The van der Waals surface area contributed by atoms with Crippen molar-refractivity contribution in [2.24, 2.45) is 11.3 Å². The van der Waals surface area contributed by atoms with Crippen LogP contribution < -0.4 is 10.2 Å². The third kappa shape index (κ3) is 5.63. The molecule has 0 bridgehead atoms. The molecule has 6 rings (SSSR count). The number of aromatic carboxylic acids is 1. The average Bonchev–Trinajstić information content (AvgIpc) is 3.60. The van der Waals surface area contributed by atoms with Gasteiger partial charge < -0.3 is 15.3 Å². The minimum absolute atomic E-state index is 0.0213. The number of para-hydroxylation sites is 1. The van der Waals surface area contributed by atoms with E-state index < -0.39 is 5.97 Å². The second-order valence-corrected chi connectivity index (χ2v) is 13.2. The fourth-order valence-corrected chi connectivity index (χ4v) is 7.13. The van der Waals surface area contributed by atoms with Crippen LogP contribution in [0.3, 0.4) is 0 Å². The summed E-state index contributed by atoms with van der Waals surface area (Å²) in [6.45, 7) is 9.43. The number of carbonyl (C=O) groups is 1. The molecule has 2 N–H and O–H groups in total. The average molecular weight is 611 g/mol. The predicted molar refractivity (Wildman–Crippen MR) is 175 cm³/mol. The molecule has 0 aliphatic heterocycles. The lowest BCUT2D eigenvalue weighted by Gasteiger charge is -2.41. The van der Waals surface area contributed by atoms with Crippen LogP contribution in [0.5, 0.6) is 0 Å². The number of thiazole rings is 1. The van der Waals surface area contributed by atoms with Crippen LogP contribution in [-0.2, 0) is 6.54 Å². The number of aromatic nitrogens is 6. The minimum Gasteiger partial charge on any atom is -0.476 e. The van der Waals surface area contributed by atoms with E-state index in [1.165, 1.54) is 32.1 Å². The molecule has 0 amide bonds. The fraction of sp³-hybridized carbons (Fsp3) is 0.394. The van der Waals surface area contributed by atoms with Crippen molar-refractivity contribution in [3.63, 3.8) is 0 Å². The van der Waals surface area contributed by atoms with Crippen molar-refractivity contribution in [2.45, 2.75) is 66.3 Å². The van der Waals surface area contributed by atoms with Gasteiger partial charge in [-0.05, 0) is 73.9 Å². The highest BCUT2D eigenvalue weighted by Gasteiger charge is 2.36. The molecule has 5 aromatic rings. The van der Waals surface area contributed by atoms with Crippen LogP contribution in [0.4, 0.5) is 22.6 Å². The monoisotopic (exact) mass is 610 g/mol. The van der Waals surface area contributed by atoms with Gasteiger partial charge in [0, 0.05) is 30.4 Å². The molecule has 1 fully saturated rings. The summed E-state index contributed by atoms with van der Waals surface area (Å²) in [5.74, 6) is 1.06. The zero-order chi connectivity index (χ0) is 31.0. The van der Waals surface area contributed by atoms with E-state index in [0.29, 0.717) is 28.9 Å². The van der Waals surface area contributed by atoms with Crippen molar-refractivity contribution in [1.82, 2.24) is 29.9 Å². The summed E-state index contributed by atoms with van der Waals surface area (Å²) >= 11 is 1.55. The molecule has 1 aliphatic carbocycles. The van der Waals surface area contributed by atoms with Crippen molar-refractivity contribution >= 4 is 50.1 Å². The van der Waals surface area contributed by atoms with Gasteiger partial charge in [0.15, 0.2) is 22.5 Å². The summed E-state index contributed by atoms with van der Waals surface area (Å²) in [7, 11) is 1.80. The van der Waals surface area contributed by atoms with Crippen molar-refractivity contribution in [2.75, 3.05) is 17.3 Å². The van der Waals surface area contributed by atoms with Gasteiger partial charge in [-0.15, -0.1) is 10.2 Å². The lowest BCUT2D eigenvalue weighted by atomic mass is 9.67. The molecule has 228 valence electrons. The topological polar surface area (TPSA) is 122 Å². The first-order chi connectivity index (χ1) is 21.1. The van der Waals surface area contributed by atoms with E-state index in [-0.39, 0.29) is 11.1 Å². The Bertz CT molecular complexity index is 1790. The SMILES string of the molecule is Cc1cc(N(C)c2ccc(-c3cnn(CC4(C(C)C)CCCCC4)c3C)c(C(=O)O)n2)nnc1Nc1nc2ccccc2s1. The fourth-order valence-electron chi connectivity index (χ4n) is 6.26. The number of fused-ring (bicyclic) bond motifs is 1. The van der Waals surface area contributed by atoms with E-state index in [1.54, 1.807) is 29.5 Å². The summed E-state index contributed by atoms with van der Waals surface area (Å²) in [4.78, 5) is 23.4. The van der Waals surface area contributed by atoms with Crippen LogP contribution in [0.15, 0.2) is 48.7 Å². The van der Waals surface area contributed by atoms with Crippen LogP contribution in [0.2, 0.25) is 0 Å². The van der Waals surface area contributed by atoms with Crippen molar-refractivity contribution in [3.05, 3.63) is 65.6 Å². The molecule has 11 heteroatoms. The number of carboxylic acids is 1. The number of hydrogen-bond donors (Lipinski definition) is 2. The number of nitrogens with zero attached hydrogens (tertiary/aromatic N) is 7. The maximum absolute atomic E-state index is 12.5. The Kier molecular flexibility index (Phi) is 8.06. The smallest absolute Gasteiger partial charge is 0.355 e. The van der Waals surface area contributed by atoms with Crippen LogP contribution >= 0.6 is 11.3 Å². The molecule has 10 nitrogen and oxygen atoms in total. The lowest BCUT2D eigenvalue weighted by Crippen LogP contribution is -2.35. The number of hydrogen-bond acceptors (Lipinski definition) is 9. The summed E-state index contributed by atoms with van der Waals surface area (Å²) in [5, 5.41) is 27.8. The predicted octanol–water partition coefficient (Wildman–Crippen LogP) is 7.78. The molecule has 0 unspecified atom stereocenters. The number of nitrogens with one attached hydrogen (secondary N) is 1. The second-order valence-electron chi connectivity index (χ2n) is 12.2. The number of carboxylic acid groups (broad SMARTS) is 1. The summed E-state index contributed by atoms with van der Waals surface area (Å²) in [6.07, 6.45) is 7.97. The highest BCUT2D eigenvalue weighted by Crippen LogP contribution is 2.44. The van der Waals surface area contributed by atoms with E-state index in [4.69, 9.17) is 5.10 Å². The molecular formula is C33H38N8O2S. The molecular weight excluding hydrogens is 572 g/mol. The van der Waals surface area contributed by atoms with Gasteiger partial charge in [-0.3, -0.25) is 4.68 Å². The van der Waals surface area contributed by atoms with Gasteiger partial charge in [0.1, 0.15) is 5.82 Å². The Morgan fingerprint density at radius 1 is 1.05 bits per heavy atom. The summed E-state index contributed by atoms with van der Waals surface area (Å²) < 4.78 is 3.15. The molecule has 44 heavy (non-hydrogen) atoms. The van der Waals surface area contributed by atoms with Gasteiger partial charge >= 0.3 is 5.97 Å². The maximum atomic E-state index is 12.5. The van der Waals surface area contributed by atoms with Gasteiger partial charge in [-0.25, -0.2) is 14.8 Å². The van der Waals surface area contributed by atoms with Gasteiger partial charge in [0.05, 0.1) is 16.4 Å². The van der Waals surface area contributed by atoms with E-state index in [0.717, 1.165) is 38.7 Å². The molecule has 1 saturated carbocycles. The number of pyridine rings is 1. The van der Waals surface area contributed by atoms with Gasteiger partial charge in [0.25, 0.3) is 0 Å². The number of rotatable bonds is 9. The molecule has 0 saturated heterocycles. The third-order valence-electron chi connectivity index (χ3n) is 9.19. The van der Waals surface area contributed by atoms with Gasteiger partial charge in [0.2, 0.25) is 0 Å². The third-order valence-corrected chi connectivity index (χ3v) is 10.1. The van der Waals surface area contributed by atoms with E-state index >= 15 is 0 Å². The van der Waals surface area contributed by atoms with Crippen LogP contribution in [-0.4, -0.2) is 48.1 Å². The van der Waals surface area contributed by atoms with Crippen LogP contribution in [0, 0.1) is 25.2 Å². The van der Waals surface area contributed by atoms with Crippen molar-refractivity contribution in [3.8, 4) is 11.1 Å². The summed E-state index contributed by atoms with van der Waals surface area (Å²) in [6, 6.07) is 13.5. The number of anilines is 4. The largest absolute Gasteiger partial charge is 0.476 e. The zero-order valence-corrected chi connectivity index (χ0v) is 26.6. The quantitative estimate of drug-likeness (QED) is 0.172.